The molecule has 4 saturated carbocycles. The molecule has 0 aromatic rings. The van der Waals surface area contributed by atoms with Gasteiger partial charge in [0.05, 0.1) is 26.3 Å². The molecular weight excluding hydrogens is 596 g/mol. The van der Waals surface area contributed by atoms with Crippen molar-refractivity contribution >= 4 is 11.9 Å². The van der Waals surface area contributed by atoms with Crippen LogP contribution < -0.4 is 17.0 Å². The topological polar surface area (TPSA) is 65.1 Å². The van der Waals surface area contributed by atoms with Crippen LogP contribution in [0.3, 0.4) is 0 Å². The fraction of sp³-hybridized carbons (Fsp3) is 0.882. The zero-order valence-corrected chi connectivity index (χ0v) is 27.9. The lowest BCUT2D eigenvalue weighted by atomic mass is 9.44. The monoisotopic (exact) mass is 648 g/mol. The second kappa shape index (κ2) is 12.3. The van der Waals surface area contributed by atoms with E-state index in [9.17, 15) is 9.59 Å². The first-order valence-corrected chi connectivity index (χ1v) is 16.6. The number of morpholine rings is 1. The summed E-state index contributed by atoms with van der Waals surface area (Å²) in [5.74, 6) is 5.15. The van der Waals surface area contributed by atoms with Crippen molar-refractivity contribution in [3.8, 4) is 12.3 Å². The molecular formula is C34H53BrN2O5. The van der Waals surface area contributed by atoms with Crippen molar-refractivity contribution in [1.29, 1.82) is 0 Å². The van der Waals surface area contributed by atoms with Crippen molar-refractivity contribution in [2.24, 2.45) is 34.5 Å². The smallest absolute Gasteiger partial charge is 0.303 e. The molecule has 0 aromatic heterocycles. The predicted octanol–water partition coefficient (Wildman–Crippen LogP) is 1.43. The number of terminal acetylenes is 1. The van der Waals surface area contributed by atoms with Crippen molar-refractivity contribution < 1.29 is 45.3 Å². The third kappa shape index (κ3) is 5.37. The van der Waals surface area contributed by atoms with Gasteiger partial charge in [-0.05, 0) is 73.5 Å². The first-order chi connectivity index (χ1) is 19.6. The molecule has 10 atom stereocenters. The summed E-state index contributed by atoms with van der Waals surface area (Å²) >= 11 is 0. The van der Waals surface area contributed by atoms with Crippen LogP contribution in [0.1, 0.15) is 85.5 Å². The molecule has 0 spiro atoms. The van der Waals surface area contributed by atoms with E-state index in [1.807, 2.05) is 0 Å². The molecule has 0 radical (unpaired) electrons. The quantitative estimate of drug-likeness (QED) is 0.255. The zero-order valence-electron chi connectivity index (χ0n) is 26.3. The first-order valence-electron chi connectivity index (χ1n) is 16.6. The maximum atomic E-state index is 12.5. The molecule has 8 heteroatoms. The van der Waals surface area contributed by atoms with Gasteiger partial charge >= 0.3 is 11.9 Å². The number of likely N-dealkylation sites (tertiary alicyclic amines) is 1. The number of halogens is 1. The highest BCUT2D eigenvalue weighted by molar-refractivity contribution is 5.66. The lowest BCUT2D eigenvalue weighted by Gasteiger charge is -2.62. The van der Waals surface area contributed by atoms with Crippen LogP contribution in [-0.2, 0) is 23.8 Å². The van der Waals surface area contributed by atoms with Crippen LogP contribution in [0.2, 0.25) is 0 Å². The fourth-order valence-electron chi connectivity index (χ4n) is 11.5. The average Bonchev–Trinajstić information content (AvgIpc) is 3.52. The van der Waals surface area contributed by atoms with E-state index in [-0.39, 0.29) is 58.0 Å². The third-order valence-corrected chi connectivity index (χ3v) is 13.3. The van der Waals surface area contributed by atoms with Crippen molar-refractivity contribution in [3.63, 3.8) is 0 Å². The van der Waals surface area contributed by atoms with Crippen LogP contribution in [-0.4, -0.2) is 91.6 Å². The second-order valence-electron chi connectivity index (χ2n) is 15.1. The Balaban J connectivity index is 0.00000353. The highest BCUT2D eigenvalue weighted by Gasteiger charge is 2.68. The Hall–Kier alpha value is -1.14. The Morgan fingerprint density at radius 1 is 0.976 bits per heavy atom. The Labute approximate surface area is 264 Å². The summed E-state index contributed by atoms with van der Waals surface area (Å²) < 4.78 is 19.0. The summed E-state index contributed by atoms with van der Waals surface area (Å²) in [6, 6.07) is 0.563. The Morgan fingerprint density at radius 2 is 1.67 bits per heavy atom. The number of quaternary nitrogens is 1. The maximum Gasteiger partial charge on any atom is 0.303 e. The lowest BCUT2D eigenvalue weighted by Crippen LogP contribution is -3.00. The van der Waals surface area contributed by atoms with E-state index in [0.717, 1.165) is 76.1 Å². The maximum absolute atomic E-state index is 12.5. The molecule has 2 heterocycles. The van der Waals surface area contributed by atoms with Crippen molar-refractivity contribution in [1.82, 2.24) is 4.90 Å². The van der Waals surface area contributed by atoms with Crippen LogP contribution in [0, 0.1) is 46.8 Å². The summed E-state index contributed by atoms with van der Waals surface area (Å²) in [4.78, 5) is 27.3. The molecule has 2 aliphatic heterocycles. The van der Waals surface area contributed by atoms with Gasteiger partial charge in [0.2, 0.25) is 0 Å². The standard InChI is InChI=1S/C34H53N2O5.BrH/c1-6-15-36(16-7-8-17-36)30-21-28-26-10-9-25-20-31(40-23(2)37)29(35-13-18-39-19-14-35)22-34(25,5)27(26)11-12-33(28,4)32(30)41-24(3)38;/h1,25-32H,7-22H2,2-5H3;1H/q+1;/p-1/t25?,26-,27-,28+,29?,30?,31?,32?,33+,34+;/m1./s1. The van der Waals surface area contributed by atoms with Crippen LogP contribution in [0.4, 0.5) is 0 Å². The largest absolute Gasteiger partial charge is 1.00 e. The number of hydrogen-bond donors (Lipinski definition) is 0. The van der Waals surface area contributed by atoms with Gasteiger partial charge in [-0.25, -0.2) is 0 Å². The minimum atomic E-state index is -0.154. The van der Waals surface area contributed by atoms with Gasteiger partial charge in [-0.2, -0.15) is 0 Å². The number of ether oxygens (including phenoxy) is 3. The molecule has 42 heavy (non-hydrogen) atoms. The lowest BCUT2D eigenvalue weighted by molar-refractivity contribution is -0.936. The van der Waals surface area contributed by atoms with Gasteiger partial charge in [0.15, 0.2) is 6.10 Å². The third-order valence-electron chi connectivity index (χ3n) is 13.3. The predicted molar refractivity (Wildman–Crippen MR) is 156 cm³/mol. The summed E-state index contributed by atoms with van der Waals surface area (Å²) in [6.45, 7) is 14.5. The van der Waals surface area contributed by atoms with Crippen LogP contribution in [0.15, 0.2) is 0 Å². The van der Waals surface area contributed by atoms with Crippen molar-refractivity contribution in [2.75, 3.05) is 45.9 Å². The van der Waals surface area contributed by atoms with Crippen LogP contribution >= 0.6 is 0 Å². The average molecular weight is 650 g/mol. The molecule has 236 valence electrons. The second-order valence-corrected chi connectivity index (χ2v) is 15.1. The van der Waals surface area contributed by atoms with Gasteiger partial charge in [0.1, 0.15) is 18.7 Å². The molecule has 0 aromatic carbocycles. The van der Waals surface area contributed by atoms with E-state index in [0.29, 0.717) is 29.7 Å². The molecule has 4 aliphatic carbocycles. The van der Waals surface area contributed by atoms with Crippen molar-refractivity contribution in [2.45, 2.75) is 110 Å². The minimum absolute atomic E-state index is 0. The van der Waals surface area contributed by atoms with E-state index in [1.165, 1.54) is 32.1 Å². The van der Waals surface area contributed by atoms with Gasteiger partial charge in [0.25, 0.3) is 0 Å². The van der Waals surface area contributed by atoms with Crippen molar-refractivity contribution in [3.05, 3.63) is 0 Å². The zero-order chi connectivity index (χ0) is 29.0. The van der Waals surface area contributed by atoms with E-state index in [1.54, 1.807) is 13.8 Å². The summed E-state index contributed by atoms with van der Waals surface area (Å²) in [5, 5.41) is 0. The van der Waals surface area contributed by atoms with E-state index in [2.05, 4.69) is 24.7 Å². The van der Waals surface area contributed by atoms with Gasteiger partial charge < -0.3 is 35.7 Å². The molecule has 6 aliphatic rings. The first kappa shape index (κ1) is 32.3. The van der Waals surface area contributed by atoms with Gasteiger partial charge in [-0.15, -0.1) is 6.42 Å². The van der Waals surface area contributed by atoms with E-state index >= 15 is 0 Å². The van der Waals surface area contributed by atoms with Crippen LogP contribution in [0.25, 0.3) is 0 Å². The number of fused-ring (bicyclic) bond motifs is 5. The Morgan fingerprint density at radius 3 is 2.31 bits per heavy atom. The molecule has 0 N–H and O–H groups in total. The fourth-order valence-corrected chi connectivity index (χ4v) is 11.5. The highest BCUT2D eigenvalue weighted by atomic mass is 79.9. The Bertz CT molecular complexity index is 1050. The minimum Gasteiger partial charge on any atom is -1.00 e. The molecule has 2 saturated heterocycles. The molecule has 7 nitrogen and oxygen atoms in total. The SMILES string of the molecule is C#CC[N+]1(C2C[C@H]3[C@@H]4CCC5CC(OC(C)=O)C(N6CCOCC6)C[C@]5(C)[C@@H]4CC[C@]3(C)C2OC(C)=O)CCCC1.[Br-]. The van der Waals surface area contributed by atoms with Gasteiger partial charge in [-0.3, -0.25) is 14.5 Å². The normalized spacial score (nSPS) is 44.5. The molecule has 0 amide bonds. The number of carbonyl (C=O) groups excluding carboxylic acids is 2. The number of hydrogen-bond acceptors (Lipinski definition) is 6. The van der Waals surface area contributed by atoms with E-state index < -0.39 is 0 Å². The number of rotatable bonds is 5. The van der Waals surface area contributed by atoms with Crippen LogP contribution in [0.5, 0.6) is 0 Å². The van der Waals surface area contributed by atoms with E-state index in [4.69, 9.17) is 20.6 Å². The highest BCUT2D eigenvalue weighted by Crippen LogP contribution is 2.67. The number of nitrogens with zero attached hydrogens (tertiary/aromatic N) is 2. The van der Waals surface area contributed by atoms with Gasteiger partial charge in [0, 0.05) is 57.7 Å². The summed E-state index contributed by atoms with van der Waals surface area (Å²) in [7, 11) is 0. The Kier molecular flexibility index (Phi) is 9.47. The molecule has 5 unspecified atom stereocenters. The molecule has 6 rings (SSSR count). The molecule has 6 fully saturated rings. The molecule has 0 bridgehead atoms. The van der Waals surface area contributed by atoms with Gasteiger partial charge in [-0.1, -0.05) is 13.8 Å². The number of carbonyl (C=O) groups is 2. The summed E-state index contributed by atoms with van der Waals surface area (Å²) in [6.07, 6.45) is 16.3. The number of esters is 2. The summed E-state index contributed by atoms with van der Waals surface area (Å²) in [5.41, 5.74) is 0.222.